The number of fused-ring (bicyclic) bond motifs is 1. The van der Waals surface area contributed by atoms with Gasteiger partial charge in [0, 0.05) is 37.1 Å². The average Bonchev–Trinajstić information content (AvgIpc) is 3.52. The summed E-state index contributed by atoms with van der Waals surface area (Å²) in [7, 11) is 0. The number of amides is 1. The molecule has 184 valence electrons. The van der Waals surface area contributed by atoms with Crippen LogP contribution in [0.25, 0.3) is 5.52 Å². The zero-order chi connectivity index (χ0) is 24.7. The van der Waals surface area contributed by atoms with Gasteiger partial charge in [-0.15, -0.1) is 0 Å². The molecule has 1 aromatic carbocycles. The third-order valence-electron chi connectivity index (χ3n) is 7.13. The molecule has 5 rings (SSSR count). The summed E-state index contributed by atoms with van der Waals surface area (Å²) in [6.45, 7) is 1.13. The summed E-state index contributed by atoms with van der Waals surface area (Å²) >= 11 is 5.69. The number of hydrogen-bond acceptors (Lipinski definition) is 5. The molecule has 0 aliphatic carbocycles. The molecule has 11 heteroatoms. The van der Waals surface area contributed by atoms with Gasteiger partial charge in [-0.05, 0) is 67.8 Å². The van der Waals surface area contributed by atoms with Crippen molar-refractivity contribution in [1.29, 1.82) is 0 Å². The van der Waals surface area contributed by atoms with E-state index in [-0.39, 0.29) is 37.9 Å². The number of carboxylic acid groups (broad SMARTS) is 1. The molecule has 2 N–H and O–H groups in total. The summed E-state index contributed by atoms with van der Waals surface area (Å²) in [6.07, 6.45) is 5.10. The summed E-state index contributed by atoms with van der Waals surface area (Å²) in [5.74, 6) is -2.22. The van der Waals surface area contributed by atoms with Crippen molar-refractivity contribution in [2.24, 2.45) is 0 Å². The zero-order valence-electron chi connectivity index (χ0n) is 18.8. The van der Waals surface area contributed by atoms with E-state index < -0.39 is 23.1 Å². The Morgan fingerprint density at radius 2 is 1.91 bits per heavy atom. The molecule has 35 heavy (non-hydrogen) atoms. The Kier molecular flexibility index (Phi) is 6.10. The van der Waals surface area contributed by atoms with Crippen LogP contribution in [-0.2, 0) is 4.79 Å². The van der Waals surface area contributed by atoms with E-state index in [1.165, 1.54) is 12.3 Å². The van der Waals surface area contributed by atoms with E-state index in [4.69, 9.17) is 11.8 Å². The second kappa shape index (κ2) is 9.09. The molecule has 1 amide bonds. The molecule has 0 radical (unpaired) electrons. The molecule has 3 aromatic rings. The van der Waals surface area contributed by atoms with Crippen molar-refractivity contribution in [2.75, 3.05) is 24.5 Å². The highest BCUT2D eigenvalue weighted by molar-refractivity contribution is 6.15. The Bertz CT molecular complexity index is 1290. The molecule has 2 aromatic heterocycles. The lowest BCUT2D eigenvalue weighted by Crippen LogP contribution is -2.56. The van der Waals surface area contributed by atoms with E-state index >= 15 is 0 Å². The quantitative estimate of drug-likeness (QED) is 0.515. The molecule has 2 aliphatic rings. The van der Waals surface area contributed by atoms with Crippen molar-refractivity contribution in [2.45, 2.75) is 37.3 Å². The fraction of sp³-hybridized carbons (Fsp3) is 0.375. The number of nitrogens with one attached hydrogen (secondary N) is 1. The first-order chi connectivity index (χ1) is 16.8. The van der Waals surface area contributed by atoms with Gasteiger partial charge in [0.15, 0.2) is 0 Å². The summed E-state index contributed by atoms with van der Waals surface area (Å²) in [5.41, 5.74) is 0.816. The van der Waals surface area contributed by atoms with Gasteiger partial charge in [0.05, 0.1) is 23.3 Å². The highest BCUT2D eigenvalue weighted by atomic mass is 35.5. The standard InChI is InChI=1S/C24H24ClF2N5O3/c25-29-24(23(34)35)6-10-30(11-7-24)22(33)18-14-28-32-9-5-16(13-21(18)32)31-8-1-2-20(31)17-12-15(26)3-4-19(17)27/h3-5,9,12-14,20,29H,1-2,6-8,10-11H2,(H,34,35)/t20-/m1/s1. The molecular formula is C24H24ClF2N5O3. The predicted molar refractivity (Wildman–Crippen MR) is 125 cm³/mol. The van der Waals surface area contributed by atoms with Crippen LogP contribution in [0.1, 0.15) is 47.6 Å². The van der Waals surface area contributed by atoms with Crippen LogP contribution in [0.4, 0.5) is 14.5 Å². The molecule has 2 fully saturated rings. The Morgan fingerprint density at radius 3 is 2.63 bits per heavy atom. The fourth-order valence-corrected chi connectivity index (χ4v) is 5.36. The fourth-order valence-electron chi connectivity index (χ4n) is 5.09. The molecular weight excluding hydrogens is 480 g/mol. The van der Waals surface area contributed by atoms with Gasteiger partial charge < -0.3 is 14.9 Å². The van der Waals surface area contributed by atoms with Gasteiger partial charge in [-0.25, -0.2) is 18.1 Å². The first kappa shape index (κ1) is 23.5. The van der Waals surface area contributed by atoms with Crippen LogP contribution < -0.4 is 9.74 Å². The number of carbonyl (C=O) groups excluding carboxylic acids is 1. The Hall–Kier alpha value is -3.24. The van der Waals surface area contributed by atoms with Gasteiger partial charge in [-0.2, -0.15) is 5.10 Å². The molecule has 2 aliphatic heterocycles. The normalized spacial score (nSPS) is 19.9. The van der Waals surface area contributed by atoms with Crippen LogP contribution in [-0.4, -0.2) is 56.7 Å². The first-order valence-corrected chi connectivity index (χ1v) is 11.8. The zero-order valence-corrected chi connectivity index (χ0v) is 19.5. The van der Waals surface area contributed by atoms with Gasteiger partial charge in [0.25, 0.3) is 5.91 Å². The summed E-state index contributed by atoms with van der Waals surface area (Å²) < 4.78 is 30.0. The maximum Gasteiger partial charge on any atom is 0.325 e. The van der Waals surface area contributed by atoms with Crippen LogP contribution >= 0.6 is 11.8 Å². The van der Waals surface area contributed by atoms with Crippen molar-refractivity contribution < 1.29 is 23.5 Å². The molecule has 8 nitrogen and oxygen atoms in total. The van der Waals surface area contributed by atoms with Crippen LogP contribution in [0.5, 0.6) is 0 Å². The number of aromatic nitrogens is 2. The number of rotatable bonds is 5. The summed E-state index contributed by atoms with van der Waals surface area (Å²) in [5, 5.41) is 13.8. The van der Waals surface area contributed by atoms with E-state index in [2.05, 4.69) is 9.93 Å². The van der Waals surface area contributed by atoms with Gasteiger partial charge in [0.2, 0.25) is 0 Å². The van der Waals surface area contributed by atoms with E-state index in [0.29, 0.717) is 29.6 Å². The minimum absolute atomic E-state index is 0.177. The van der Waals surface area contributed by atoms with Crippen LogP contribution in [0, 0.1) is 11.6 Å². The number of likely N-dealkylation sites (tertiary alicyclic amines) is 1. The molecule has 0 unspecified atom stereocenters. The second-order valence-corrected chi connectivity index (χ2v) is 9.25. The molecule has 4 heterocycles. The third kappa shape index (κ3) is 4.10. The predicted octanol–water partition coefficient (Wildman–Crippen LogP) is 3.76. The maximum atomic E-state index is 14.5. The monoisotopic (exact) mass is 503 g/mol. The van der Waals surface area contributed by atoms with Gasteiger partial charge in [-0.3, -0.25) is 9.59 Å². The molecule has 2 saturated heterocycles. The minimum Gasteiger partial charge on any atom is -0.480 e. The van der Waals surface area contributed by atoms with Crippen molar-refractivity contribution in [3.05, 3.63) is 65.5 Å². The SMILES string of the molecule is O=C(c1cnn2ccc(N3CCC[C@@H]3c3cc(F)ccc3F)cc12)N1CCC(NCl)(C(=O)O)CC1. The topological polar surface area (TPSA) is 90.2 Å². The van der Waals surface area contributed by atoms with E-state index in [0.717, 1.165) is 24.2 Å². The van der Waals surface area contributed by atoms with Gasteiger partial charge >= 0.3 is 5.97 Å². The van der Waals surface area contributed by atoms with Crippen LogP contribution in [0.3, 0.4) is 0 Å². The van der Waals surface area contributed by atoms with Gasteiger partial charge in [0.1, 0.15) is 17.2 Å². The van der Waals surface area contributed by atoms with E-state index in [1.54, 1.807) is 15.6 Å². The number of nitrogens with zero attached hydrogens (tertiary/aromatic N) is 4. The highest BCUT2D eigenvalue weighted by Crippen LogP contribution is 2.38. The second-order valence-electron chi connectivity index (χ2n) is 9.06. The van der Waals surface area contributed by atoms with E-state index in [9.17, 15) is 23.5 Å². The molecule has 0 bridgehead atoms. The Balaban J connectivity index is 1.42. The minimum atomic E-state index is -1.26. The van der Waals surface area contributed by atoms with Crippen LogP contribution in [0.15, 0.2) is 42.7 Å². The highest BCUT2D eigenvalue weighted by Gasteiger charge is 2.42. The Morgan fingerprint density at radius 1 is 1.14 bits per heavy atom. The number of hydrogen-bond donors (Lipinski definition) is 2. The van der Waals surface area contributed by atoms with Crippen molar-refractivity contribution >= 4 is 34.9 Å². The maximum absolute atomic E-state index is 14.5. The number of carboxylic acids is 1. The van der Waals surface area contributed by atoms with E-state index in [1.807, 2.05) is 17.0 Å². The number of halogens is 3. The van der Waals surface area contributed by atoms with Gasteiger partial charge in [-0.1, -0.05) is 0 Å². The molecule has 0 saturated carbocycles. The lowest BCUT2D eigenvalue weighted by atomic mass is 9.88. The average molecular weight is 504 g/mol. The number of piperidine rings is 1. The van der Waals surface area contributed by atoms with Crippen LogP contribution in [0.2, 0.25) is 0 Å². The lowest BCUT2D eigenvalue weighted by Gasteiger charge is -2.37. The number of carbonyl (C=O) groups is 2. The number of benzene rings is 1. The Labute approximate surface area is 205 Å². The third-order valence-corrected chi connectivity index (χ3v) is 7.49. The van der Waals surface area contributed by atoms with Crippen molar-refractivity contribution in [3.63, 3.8) is 0 Å². The molecule has 0 spiro atoms. The first-order valence-electron chi connectivity index (χ1n) is 11.4. The number of anilines is 1. The summed E-state index contributed by atoms with van der Waals surface area (Å²) in [6, 6.07) is 6.87. The van der Waals surface area contributed by atoms with Crippen molar-refractivity contribution in [1.82, 2.24) is 19.3 Å². The lowest BCUT2D eigenvalue weighted by molar-refractivity contribution is -0.145. The largest absolute Gasteiger partial charge is 0.480 e. The summed E-state index contributed by atoms with van der Waals surface area (Å²) in [4.78, 5) is 30.9. The smallest absolute Gasteiger partial charge is 0.325 e. The number of aliphatic carboxylic acids is 1. The van der Waals surface area contributed by atoms with Crippen molar-refractivity contribution in [3.8, 4) is 0 Å². The molecule has 1 atom stereocenters. The number of pyridine rings is 1.